The van der Waals surface area contributed by atoms with Gasteiger partial charge in [0.05, 0.1) is 5.56 Å². The van der Waals surface area contributed by atoms with Crippen LogP contribution in [-0.4, -0.2) is 18.4 Å². The summed E-state index contributed by atoms with van der Waals surface area (Å²) in [6.45, 7) is 2.96. The van der Waals surface area contributed by atoms with Gasteiger partial charge in [-0.15, -0.1) is 5.73 Å². The van der Waals surface area contributed by atoms with E-state index in [0.717, 1.165) is 6.08 Å². The van der Waals surface area contributed by atoms with Crippen LogP contribution in [0.25, 0.3) is 0 Å². The number of ketones is 1. The molecule has 0 N–H and O–H groups in total. The fourth-order valence-electron chi connectivity index (χ4n) is 0.950. The van der Waals surface area contributed by atoms with Crippen molar-refractivity contribution in [1.29, 1.82) is 0 Å². The Hall–Kier alpha value is -2.12. The summed E-state index contributed by atoms with van der Waals surface area (Å²) in [4.78, 5) is 22.3. The molecule has 1 rings (SSSR count). The van der Waals surface area contributed by atoms with E-state index < -0.39 is 5.97 Å². The van der Waals surface area contributed by atoms with Gasteiger partial charge in [-0.1, -0.05) is 24.8 Å². The van der Waals surface area contributed by atoms with E-state index in [9.17, 15) is 9.59 Å². The van der Waals surface area contributed by atoms with Crippen LogP contribution >= 0.6 is 0 Å². The minimum atomic E-state index is -0.513. The molecule has 0 radical (unpaired) electrons. The maximum absolute atomic E-state index is 11.3. The van der Waals surface area contributed by atoms with E-state index in [2.05, 4.69) is 12.3 Å². The van der Waals surface area contributed by atoms with Gasteiger partial charge in [0.25, 0.3) is 0 Å². The van der Waals surface area contributed by atoms with Crippen molar-refractivity contribution in [3.63, 3.8) is 0 Å². The van der Waals surface area contributed by atoms with E-state index in [4.69, 9.17) is 4.74 Å². The van der Waals surface area contributed by atoms with Gasteiger partial charge in [0.15, 0.2) is 6.61 Å². The lowest BCUT2D eigenvalue weighted by Gasteiger charge is -2.01. The first-order valence-corrected chi connectivity index (χ1v) is 4.35. The number of esters is 1. The number of carbonyl (C=O) groups excluding carboxylic acids is 2. The second-order valence-corrected chi connectivity index (χ2v) is 2.76. The molecule has 0 saturated carbocycles. The Bertz CT molecular complexity index is 400. The second-order valence-electron chi connectivity index (χ2n) is 2.76. The van der Waals surface area contributed by atoms with Crippen molar-refractivity contribution in [1.82, 2.24) is 0 Å². The molecule has 1 aromatic carbocycles. The summed E-state index contributed by atoms with van der Waals surface area (Å²) >= 11 is 0. The Kier molecular flexibility index (Phi) is 4.07. The molecule has 15 heavy (non-hydrogen) atoms. The fourth-order valence-corrected chi connectivity index (χ4v) is 0.950. The second kappa shape index (κ2) is 5.58. The van der Waals surface area contributed by atoms with Gasteiger partial charge in [0.1, 0.15) is 0 Å². The predicted molar refractivity (Wildman–Crippen MR) is 55.4 cm³/mol. The van der Waals surface area contributed by atoms with Crippen molar-refractivity contribution in [2.75, 3.05) is 6.61 Å². The van der Waals surface area contributed by atoms with E-state index >= 15 is 0 Å². The molecule has 0 atom stereocenters. The van der Waals surface area contributed by atoms with Gasteiger partial charge < -0.3 is 4.74 Å². The maximum Gasteiger partial charge on any atom is 0.338 e. The third-order valence-electron chi connectivity index (χ3n) is 1.62. The van der Waals surface area contributed by atoms with E-state index in [0.29, 0.717) is 5.56 Å². The summed E-state index contributed by atoms with van der Waals surface area (Å²) in [6.07, 6.45) is 1.14. The molecule has 0 aliphatic rings. The van der Waals surface area contributed by atoms with E-state index in [1.165, 1.54) is 0 Å². The highest BCUT2D eigenvalue weighted by molar-refractivity contribution is 5.94. The highest BCUT2D eigenvalue weighted by atomic mass is 16.5. The molecule has 1 aromatic rings. The third-order valence-corrected chi connectivity index (χ3v) is 1.62. The molecule has 0 aromatic heterocycles. The standard InChI is InChI=1S/C12H10O3/c1-2-6-11(13)9-15-12(14)10-7-4-3-5-8-10/h3-8H,1,9H2. The molecular formula is C12H10O3. The van der Waals surface area contributed by atoms with Gasteiger partial charge >= 0.3 is 5.97 Å². The molecule has 0 fully saturated rings. The Labute approximate surface area is 87.7 Å². The molecule has 0 saturated heterocycles. The molecule has 3 heteroatoms. The van der Waals surface area contributed by atoms with Crippen LogP contribution in [0.5, 0.6) is 0 Å². The molecule has 0 aliphatic carbocycles. The predicted octanol–water partition coefficient (Wildman–Crippen LogP) is 1.75. The molecule has 0 aliphatic heterocycles. The SMILES string of the molecule is C=C=CC(=O)COC(=O)c1ccccc1. The highest BCUT2D eigenvalue weighted by Gasteiger charge is 2.07. The van der Waals surface area contributed by atoms with Crippen LogP contribution in [0.2, 0.25) is 0 Å². The number of rotatable bonds is 4. The Morgan fingerprint density at radius 2 is 2.00 bits per heavy atom. The van der Waals surface area contributed by atoms with E-state index in [-0.39, 0.29) is 12.4 Å². The lowest BCUT2D eigenvalue weighted by molar-refractivity contribution is -0.117. The van der Waals surface area contributed by atoms with Crippen LogP contribution in [0.15, 0.2) is 48.7 Å². The first-order valence-electron chi connectivity index (χ1n) is 4.35. The van der Waals surface area contributed by atoms with Crippen LogP contribution in [0.4, 0.5) is 0 Å². The van der Waals surface area contributed by atoms with Crippen molar-refractivity contribution in [3.05, 3.63) is 54.3 Å². The summed E-state index contributed by atoms with van der Waals surface area (Å²) in [7, 11) is 0. The molecule has 0 bridgehead atoms. The number of hydrogen-bond donors (Lipinski definition) is 0. The van der Waals surface area contributed by atoms with Crippen LogP contribution in [0.3, 0.4) is 0 Å². The summed E-state index contributed by atoms with van der Waals surface area (Å²) in [5, 5.41) is 0. The Morgan fingerprint density at radius 3 is 2.60 bits per heavy atom. The Balaban J connectivity index is 2.51. The van der Waals surface area contributed by atoms with Gasteiger partial charge in [0.2, 0.25) is 5.78 Å². The van der Waals surface area contributed by atoms with Crippen molar-refractivity contribution in [2.24, 2.45) is 0 Å². The zero-order chi connectivity index (χ0) is 11.1. The van der Waals surface area contributed by atoms with Crippen molar-refractivity contribution in [3.8, 4) is 0 Å². The zero-order valence-corrected chi connectivity index (χ0v) is 8.10. The van der Waals surface area contributed by atoms with Gasteiger partial charge in [-0.2, -0.15) is 0 Å². The number of carbonyl (C=O) groups is 2. The summed E-state index contributed by atoms with van der Waals surface area (Å²) in [5.74, 6) is -0.851. The molecule has 0 amide bonds. The van der Waals surface area contributed by atoms with E-state index in [1.807, 2.05) is 0 Å². The summed E-state index contributed by atoms with van der Waals surface area (Å²) < 4.78 is 4.75. The van der Waals surface area contributed by atoms with Crippen molar-refractivity contribution in [2.45, 2.75) is 0 Å². The first-order chi connectivity index (χ1) is 7.24. The minimum Gasteiger partial charge on any atom is -0.454 e. The lowest BCUT2D eigenvalue weighted by Crippen LogP contribution is -2.11. The van der Waals surface area contributed by atoms with Crippen LogP contribution in [0, 0.1) is 0 Å². The summed E-state index contributed by atoms with van der Waals surface area (Å²) in [6, 6.07) is 8.48. The molecule has 0 unspecified atom stereocenters. The Morgan fingerprint density at radius 1 is 1.33 bits per heavy atom. The van der Waals surface area contributed by atoms with Gasteiger partial charge in [-0.05, 0) is 12.1 Å². The fraction of sp³-hybridized carbons (Fsp3) is 0.0833. The van der Waals surface area contributed by atoms with Crippen LogP contribution < -0.4 is 0 Å². The quantitative estimate of drug-likeness (QED) is 0.424. The monoisotopic (exact) mass is 202 g/mol. The molecule has 0 spiro atoms. The molecular weight excluding hydrogens is 192 g/mol. The highest BCUT2D eigenvalue weighted by Crippen LogP contribution is 2.00. The van der Waals surface area contributed by atoms with Gasteiger partial charge in [0, 0.05) is 6.08 Å². The topological polar surface area (TPSA) is 43.4 Å². The smallest absolute Gasteiger partial charge is 0.338 e. The largest absolute Gasteiger partial charge is 0.454 e. The molecule has 3 nitrogen and oxygen atoms in total. The van der Waals surface area contributed by atoms with Gasteiger partial charge in [-0.3, -0.25) is 4.79 Å². The van der Waals surface area contributed by atoms with Crippen molar-refractivity contribution < 1.29 is 14.3 Å². The summed E-state index contributed by atoms with van der Waals surface area (Å²) in [5.41, 5.74) is 2.74. The average Bonchev–Trinajstić information content (AvgIpc) is 2.27. The number of ether oxygens (including phenoxy) is 1. The normalized spacial score (nSPS) is 8.80. The van der Waals surface area contributed by atoms with E-state index in [1.54, 1.807) is 30.3 Å². The average molecular weight is 202 g/mol. The molecule has 76 valence electrons. The first kappa shape index (κ1) is 11.0. The maximum atomic E-state index is 11.3. The van der Waals surface area contributed by atoms with Gasteiger partial charge in [-0.25, -0.2) is 4.79 Å². The minimum absolute atomic E-state index is 0.282. The van der Waals surface area contributed by atoms with Crippen LogP contribution in [0.1, 0.15) is 10.4 Å². The molecule has 0 heterocycles. The lowest BCUT2D eigenvalue weighted by atomic mass is 10.2. The third kappa shape index (κ3) is 3.63. The van der Waals surface area contributed by atoms with Crippen LogP contribution in [-0.2, 0) is 9.53 Å². The zero-order valence-electron chi connectivity index (χ0n) is 8.10. The number of hydrogen-bond acceptors (Lipinski definition) is 3. The number of benzene rings is 1. The van der Waals surface area contributed by atoms with Crippen molar-refractivity contribution >= 4 is 11.8 Å².